The van der Waals surface area contributed by atoms with E-state index in [0.717, 1.165) is 32.7 Å². The van der Waals surface area contributed by atoms with Crippen LogP contribution in [-0.2, 0) is 15.9 Å². The van der Waals surface area contributed by atoms with Crippen LogP contribution in [-0.4, -0.2) is 56.6 Å². The summed E-state index contributed by atoms with van der Waals surface area (Å²) in [6.45, 7) is 5.46. The summed E-state index contributed by atoms with van der Waals surface area (Å²) >= 11 is 0. The van der Waals surface area contributed by atoms with Crippen molar-refractivity contribution in [2.75, 3.05) is 40.5 Å². The largest absolute Gasteiger partial charge is 0.508 e. The molecule has 0 saturated heterocycles. The summed E-state index contributed by atoms with van der Waals surface area (Å²) < 4.78 is 10.3. The SMILES string of the molecule is COCCN(CCOC)C(C)Cc1ccc(O)cc1. The normalized spacial score (nSPS) is 12.8. The van der Waals surface area contributed by atoms with Gasteiger partial charge in [0.2, 0.25) is 0 Å². The van der Waals surface area contributed by atoms with Gasteiger partial charge >= 0.3 is 0 Å². The highest BCUT2D eigenvalue weighted by Gasteiger charge is 2.13. The van der Waals surface area contributed by atoms with E-state index in [0.29, 0.717) is 11.8 Å². The zero-order valence-corrected chi connectivity index (χ0v) is 12.1. The van der Waals surface area contributed by atoms with Crippen molar-refractivity contribution in [3.8, 4) is 5.75 Å². The minimum absolute atomic E-state index is 0.312. The lowest BCUT2D eigenvalue weighted by Crippen LogP contribution is -2.39. The van der Waals surface area contributed by atoms with Crippen LogP contribution in [0.25, 0.3) is 0 Å². The van der Waals surface area contributed by atoms with Crippen molar-refractivity contribution in [1.82, 2.24) is 4.90 Å². The molecule has 0 aliphatic rings. The maximum Gasteiger partial charge on any atom is 0.115 e. The molecule has 1 unspecified atom stereocenters. The molecule has 1 atom stereocenters. The van der Waals surface area contributed by atoms with Crippen molar-refractivity contribution in [2.24, 2.45) is 0 Å². The second-order valence-electron chi connectivity index (χ2n) is 4.74. The van der Waals surface area contributed by atoms with Crippen molar-refractivity contribution in [3.63, 3.8) is 0 Å². The van der Waals surface area contributed by atoms with E-state index in [9.17, 15) is 5.11 Å². The first kappa shape index (κ1) is 16.0. The number of ether oxygens (including phenoxy) is 2. The molecule has 0 radical (unpaired) electrons. The number of aromatic hydroxyl groups is 1. The summed E-state index contributed by atoms with van der Waals surface area (Å²) in [4.78, 5) is 2.36. The Morgan fingerprint density at radius 1 is 1.05 bits per heavy atom. The number of nitrogens with zero attached hydrogens (tertiary/aromatic N) is 1. The molecular formula is C15H25NO3. The van der Waals surface area contributed by atoms with Crippen LogP contribution in [0.1, 0.15) is 12.5 Å². The molecule has 0 aliphatic heterocycles. The third-order valence-corrected chi connectivity index (χ3v) is 3.26. The third kappa shape index (κ3) is 6.05. The monoisotopic (exact) mass is 267 g/mol. The van der Waals surface area contributed by atoms with E-state index in [1.54, 1.807) is 26.4 Å². The molecule has 1 aromatic carbocycles. The first-order valence-electron chi connectivity index (χ1n) is 6.67. The minimum atomic E-state index is 0.312. The predicted molar refractivity (Wildman–Crippen MR) is 76.6 cm³/mol. The lowest BCUT2D eigenvalue weighted by molar-refractivity contribution is 0.0919. The van der Waals surface area contributed by atoms with Gasteiger partial charge in [-0.25, -0.2) is 0 Å². The number of phenolic OH excluding ortho intramolecular Hbond substituents is 1. The van der Waals surface area contributed by atoms with E-state index in [1.807, 2.05) is 12.1 Å². The molecule has 0 spiro atoms. The fraction of sp³-hybridized carbons (Fsp3) is 0.600. The predicted octanol–water partition coefficient (Wildman–Crippen LogP) is 1.92. The molecule has 1 rings (SSSR count). The van der Waals surface area contributed by atoms with Crippen LogP contribution in [0.4, 0.5) is 0 Å². The van der Waals surface area contributed by atoms with Crippen LogP contribution in [0, 0.1) is 0 Å². The van der Waals surface area contributed by atoms with Crippen molar-refractivity contribution in [3.05, 3.63) is 29.8 Å². The molecule has 0 heterocycles. The highest BCUT2D eigenvalue weighted by Crippen LogP contribution is 2.13. The van der Waals surface area contributed by atoms with Gasteiger partial charge in [0.15, 0.2) is 0 Å². The van der Waals surface area contributed by atoms with Crippen molar-refractivity contribution >= 4 is 0 Å². The minimum Gasteiger partial charge on any atom is -0.508 e. The average molecular weight is 267 g/mol. The molecule has 1 aromatic rings. The fourth-order valence-electron chi connectivity index (χ4n) is 2.07. The molecular weight excluding hydrogens is 242 g/mol. The molecule has 0 fully saturated rings. The number of phenols is 1. The third-order valence-electron chi connectivity index (χ3n) is 3.26. The van der Waals surface area contributed by atoms with Crippen molar-refractivity contribution < 1.29 is 14.6 Å². The van der Waals surface area contributed by atoms with E-state index in [2.05, 4.69) is 11.8 Å². The Kier molecular flexibility index (Phi) is 7.48. The van der Waals surface area contributed by atoms with Gasteiger partial charge < -0.3 is 14.6 Å². The maximum absolute atomic E-state index is 9.29. The van der Waals surface area contributed by atoms with Crippen LogP contribution in [0.2, 0.25) is 0 Å². The van der Waals surface area contributed by atoms with Crippen LogP contribution < -0.4 is 0 Å². The molecule has 0 aromatic heterocycles. The highest BCUT2D eigenvalue weighted by molar-refractivity contribution is 5.26. The second-order valence-corrected chi connectivity index (χ2v) is 4.74. The lowest BCUT2D eigenvalue weighted by atomic mass is 10.1. The number of methoxy groups -OCH3 is 2. The molecule has 4 nitrogen and oxygen atoms in total. The summed E-state index contributed by atoms with van der Waals surface area (Å²) in [7, 11) is 3.44. The van der Waals surface area contributed by atoms with E-state index >= 15 is 0 Å². The Morgan fingerprint density at radius 3 is 2.05 bits per heavy atom. The molecule has 0 aliphatic carbocycles. The maximum atomic E-state index is 9.29. The van der Waals surface area contributed by atoms with Gasteiger partial charge in [-0.15, -0.1) is 0 Å². The Hall–Kier alpha value is -1.10. The summed E-state index contributed by atoms with van der Waals surface area (Å²) in [5, 5.41) is 9.29. The number of hydrogen-bond donors (Lipinski definition) is 1. The van der Waals surface area contributed by atoms with Gasteiger partial charge in [-0.3, -0.25) is 4.90 Å². The van der Waals surface area contributed by atoms with Crippen molar-refractivity contribution in [2.45, 2.75) is 19.4 Å². The summed E-state index contributed by atoms with van der Waals surface area (Å²) in [5.74, 6) is 0.312. The van der Waals surface area contributed by atoms with Gasteiger partial charge in [0.1, 0.15) is 5.75 Å². The van der Waals surface area contributed by atoms with Gasteiger partial charge in [-0.05, 0) is 31.0 Å². The topological polar surface area (TPSA) is 41.9 Å². The zero-order chi connectivity index (χ0) is 14.1. The van der Waals surface area contributed by atoms with Gasteiger partial charge in [-0.1, -0.05) is 12.1 Å². The van der Waals surface area contributed by atoms with Gasteiger partial charge in [0.05, 0.1) is 13.2 Å². The Morgan fingerprint density at radius 2 is 1.58 bits per heavy atom. The Balaban J connectivity index is 2.53. The quantitative estimate of drug-likeness (QED) is 0.742. The standard InChI is InChI=1S/C15H25NO3/c1-13(12-14-4-6-15(17)7-5-14)16(8-10-18-2)9-11-19-3/h4-7,13,17H,8-12H2,1-3H3. The van der Waals surface area contributed by atoms with Crippen LogP contribution >= 0.6 is 0 Å². The van der Waals surface area contributed by atoms with Gasteiger partial charge in [0.25, 0.3) is 0 Å². The Labute approximate surface area is 115 Å². The summed E-state index contributed by atoms with van der Waals surface area (Å²) in [5.41, 5.74) is 1.23. The molecule has 19 heavy (non-hydrogen) atoms. The second kappa shape index (κ2) is 8.91. The number of hydrogen-bond acceptors (Lipinski definition) is 4. The van der Waals surface area contributed by atoms with E-state index in [-0.39, 0.29) is 0 Å². The molecule has 0 bridgehead atoms. The first-order chi connectivity index (χ1) is 9.17. The Bertz CT molecular complexity index is 332. The van der Waals surface area contributed by atoms with Crippen LogP contribution in [0.3, 0.4) is 0 Å². The molecule has 108 valence electrons. The number of benzene rings is 1. The molecule has 0 saturated carbocycles. The van der Waals surface area contributed by atoms with E-state index in [1.165, 1.54) is 5.56 Å². The highest BCUT2D eigenvalue weighted by atomic mass is 16.5. The van der Waals surface area contributed by atoms with Gasteiger partial charge in [-0.2, -0.15) is 0 Å². The van der Waals surface area contributed by atoms with Crippen molar-refractivity contribution in [1.29, 1.82) is 0 Å². The summed E-state index contributed by atoms with van der Waals surface area (Å²) in [6, 6.07) is 7.82. The van der Waals surface area contributed by atoms with Crippen LogP contribution in [0.15, 0.2) is 24.3 Å². The van der Waals surface area contributed by atoms with Gasteiger partial charge in [0, 0.05) is 33.4 Å². The first-order valence-corrected chi connectivity index (χ1v) is 6.67. The smallest absolute Gasteiger partial charge is 0.115 e. The molecule has 0 amide bonds. The van der Waals surface area contributed by atoms with E-state index in [4.69, 9.17) is 9.47 Å². The lowest BCUT2D eigenvalue weighted by Gasteiger charge is -2.28. The molecule has 4 heteroatoms. The fourth-order valence-corrected chi connectivity index (χ4v) is 2.07. The summed E-state index contributed by atoms with van der Waals surface area (Å²) in [6.07, 6.45) is 0.952. The number of rotatable bonds is 9. The molecule has 1 N–H and O–H groups in total. The average Bonchev–Trinajstić information content (AvgIpc) is 2.41. The van der Waals surface area contributed by atoms with E-state index < -0.39 is 0 Å². The van der Waals surface area contributed by atoms with Crippen LogP contribution in [0.5, 0.6) is 5.75 Å². The zero-order valence-electron chi connectivity index (χ0n) is 12.1.